The van der Waals surface area contributed by atoms with Gasteiger partial charge in [0, 0.05) is 48.9 Å². The number of hydrogen-bond donors (Lipinski definition) is 1. The highest BCUT2D eigenvalue weighted by molar-refractivity contribution is 6.30. The van der Waals surface area contributed by atoms with Gasteiger partial charge in [0.25, 0.3) is 0 Å². The van der Waals surface area contributed by atoms with Crippen molar-refractivity contribution in [2.75, 3.05) is 44.2 Å². The third-order valence-electron chi connectivity index (χ3n) is 5.92. The van der Waals surface area contributed by atoms with Gasteiger partial charge in [-0.05, 0) is 44.1 Å². The number of hydrogen-bond acceptors (Lipinski definition) is 5. The van der Waals surface area contributed by atoms with Crippen LogP contribution in [0.15, 0.2) is 59.0 Å². The molecule has 0 atom stereocenters. The van der Waals surface area contributed by atoms with E-state index in [0.29, 0.717) is 6.54 Å². The van der Waals surface area contributed by atoms with Crippen LogP contribution >= 0.6 is 11.6 Å². The molecule has 5 nitrogen and oxygen atoms in total. The molecule has 0 amide bonds. The minimum Gasteiger partial charge on any atom is -0.444 e. The Labute approximate surface area is 196 Å². The molecular weight excluding hydrogens is 420 g/mol. The molecule has 1 saturated heterocycles. The Hall–Kier alpha value is -2.34. The van der Waals surface area contributed by atoms with Gasteiger partial charge < -0.3 is 14.6 Å². The van der Waals surface area contributed by atoms with E-state index in [4.69, 9.17) is 21.0 Å². The summed E-state index contributed by atoms with van der Waals surface area (Å²) in [5.41, 5.74) is 3.34. The van der Waals surface area contributed by atoms with Gasteiger partial charge in [0.2, 0.25) is 5.89 Å². The third kappa shape index (κ3) is 6.12. The van der Waals surface area contributed by atoms with Gasteiger partial charge in [-0.25, -0.2) is 4.98 Å². The highest BCUT2D eigenvalue weighted by atomic mass is 35.5. The van der Waals surface area contributed by atoms with Crippen molar-refractivity contribution in [3.63, 3.8) is 0 Å². The first-order valence-corrected chi connectivity index (χ1v) is 12.1. The molecule has 2 aromatic carbocycles. The van der Waals surface area contributed by atoms with Crippen molar-refractivity contribution in [3.05, 3.63) is 71.3 Å². The number of rotatable bonds is 10. The molecule has 6 heteroatoms. The van der Waals surface area contributed by atoms with E-state index in [-0.39, 0.29) is 0 Å². The molecule has 2 heterocycles. The number of nitrogens with zero attached hydrogens (tertiary/aromatic N) is 3. The number of aromatic nitrogens is 1. The van der Waals surface area contributed by atoms with Crippen molar-refractivity contribution in [2.45, 2.75) is 32.7 Å². The lowest BCUT2D eigenvalue weighted by atomic mass is 10.1. The first kappa shape index (κ1) is 22.8. The van der Waals surface area contributed by atoms with E-state index >= 15 is 0 Å². The summed E-state index contributed by atoms with van der Waals surface area (Å²) in [4.78, 5) is 9.74. The van der Waals surface area contributed by atoms with Gasteiger partial charge in [0.1, 0.15) is 11.5 Å². The van der Waals surface area contributed by atoms with E-state index < -0.39 is 0 Å². The molecule has 3 aromatic rings. The van der Waals surface area contributed by atoms with Crippen LogP contribution in [0.4, 0.5) is 5.69 Å². The summed E-state index contributed by atoms with van der Waals surface area (Å²) in [6.07, 6.45) is 3.08. The van der Waals surface area contributed by atoms with E-state index in [9.17, 15) is 0 Å². The molecule has 0 aliphatic carbocycles. The number of nitrogens with one attached hydrogen (secondary N) is 1. The Balaban J connectivity index is 1.19. The molecule has 0 saturated carbocycles. The molecule has 1 aromatic heterocycles. The van der Waals surface area contributed by atoms with Crippen LogP contribution in [-0.4, -0.2) is 49.2 Å². The molecule has 32 heavy (non-hydrogen) atoms. The third-order valence-corrected chi connectivity index (χ3v) is 6.15. The quantitative estimate of drug-likeness (QED) is 0.425. The minimum absolute atomic E-state index is 0.673. The largest absolute Gasteiger partial charge is 0.444 e. The maximum atomic E-state index is 6.14. The van der Waals surface area contributed by atoms with E-state index in [0.717, 1.165) is 86.5 Å². The fourth-order valence-electron chi connectivity index (χ4n) is 4.22. The summed E-state index contributed by atoms with van der Waals surface area (Å²) in [7, 11) is 0. The first-order valence-electron chi connectivity index (χ1n) is 11.7. The standard InChI is InChI=1S/C26H33ClN4O/c1-2-8-24-26(21-9-4-3-5-10-21)29-25(32-24)20-28-13-7-14-30-15-17-31(18-16-30)23-12-6-11-22(27)19-23/h3-6,9-12,19,28H,2,7-8,13-18,20H2,1H3. The molecule has 1 aliphatic heterocycles. The van der Waals surface area contributed by atoms with Crippen molar-refractivity contribution in [1.82, 2.24) is 15.2 Å². The average molecular weight is 453 g/mol. The maximum absolute atomic E-state index is 6.14. The smallest absolute Gasteiger partial charge is 0.208 e. The van der Waals surface area contributed by atoms with E-state index in [1.165, 1.54) is 5.69 Å². The van der Waals surface area contributed by atoms with Crippen molar-refractivity contribution in [2.24, 2.45) is 0 Å². The number of piperazine rings is 1. The van der Waals surface area contributed by atoms with Crippen molar-refractivity contribution in [1.29, 1.82) is 0 Å². The molecule has 0 radical (unpaired) electrons. The number of halogens is 1. The summed E-state index contributed by atoms with van der Waals surface area (Å²) in [5.74, 6) is 1.77. The lowest BCUT2D eigenvalue weighted by molar-refractivity contribution is 0.253. The predicted molar refractivity (Wildman–Crippen MR) is 132 cm³/mol. The minimum atomic E-state index is 0.673. The van der Waals surface area contributed by atoms with Crippen LogP contribution in [0.5, 0.6) is 0 Å². The van der Waals surface area contributed by atoms with Crippen LogP contribution in [0.25, 0.3) is 11.3 Å². The lowest BCUT2D eigenvalue weighted by Gasteiger charge is -2.36. The molecule has 1 aliphatic rings. The maximum Gasteiger partial charge on any atom is 0.208 e. The first-order chi connectivity index (χ1) is 15.7. The Kier molecular flexibility index (Phi) is 8.21. The molecule has 1 fully saturated rings. The van der Waals surface area contributed by atoms with Gasteiger partial charge in [-0.3, -0.25) is 4.90 Å². The Morgan fingerprint density at radius 1 is 1.03 bits per heavy atom. The van der Waals surface area contributed by atoms with Gasteiger partial charge in [-0.1, -0.05) is 54.9 Å². The molecule has 1 N–H and O–H groups in total. The fraction of sp³-hybridized carbons (Fsp3) is 0.423. The number of anilines is 1. The van der Waals surface area contributed by atoms with Crippen LogP contribution in [0.2, 0.25) is 5.02 Å². The summed E-state index contributed by atoms with van der Waals surface area (Å²) in [6, 6.07) is 18.5. The van der Waals surface area contributed by atoms with Gasteiger partial charge in [-0.2, -0.15) is 0 Å². The second kappa shape index (κ2) is 11.5. The van der Waals surface area contributed by atoms with Gasteiger partial charge in [-0.15, -0.1) is 0 Å². The highest BCUT2D eigenvalue weighted by Gasteiger charge is 2.17. The summed E-state index contributed by atoms with van der Waals surface area (Å²) < 4.78 is 6.07. The van der Waals surface area contributed by atoms with Crippen LogP contribution in [-0.2, 0) is 13.0 Å². The Bertz CT molecular complexity index is 967. The summed E-state index contributed by atoms with van der Waals surface area (Å²) in [6.45, 7) is 9.19. The van der Waals surface area contributed by atoms with Crippen LogP contribution in [0, 0.1) is 0 Å². The zero-order valence-electron chi connectivity index (χ0n) is 18.9. The summed E-state index contributed by atoms with van der Waals surface area (Å²) >= 11 is 6.14. The van der Waals surface area contributed by atoms with Crippen molar-refractivity contribution >= 4 is 17.3 Å². The molecule has 170 valence electrons. The van der Waals surface area contributed by atoms with Gasteiger partial charge in [0.05, 0.1) is 6.54 Å². The molecule has 0 spiro atoms. The highest BCUT2D eigenvalue weighted by Crippen LogP contribution is 2.25. The molecule has 0 bridgehead atoms. The van der Waals surface area contributed by atoms with E-state index in [1.807, 2.05) is 30.3 Å². The second-order valence-corrected chi connectivity index (χ2v) is 8.77. The SMILES string of the molecule is CCCc1oc(CNCCCN2CCN(c3cccc(Cl)c3)CC2)nc1-c1ccccc1. The number of oxazole rings is 1. The Morgan fingerprint density at radius 3 is 2.59 bits per heavy atom. The van der Waals surface area contributed by atoms with Crippen LogP contribution in [0.3, 0.4) is 0 Å². The van der Waals surface area contributed by atoms with Crippen LogP contribution in [0.1, 0.15) is 31.4 Å². The average Bonchev–Trinajstić information content (AvgIpc) is 3.23. The number of benzene rings is 2. The van der Waals surface area contributed by atoms with Gasteiger partial charge >= 0.3 is 0 Å². The lowest BCUT2D eigenvalue weighted by Crippen LogP contribution is -2.47. The van der Waals surface area contributed by atoms with E-state index in [2.05, 4.69) is 46.3 Å². The molecule has 4 rings (SSSR count). The topological polar surface area (TPSA) is 44.5 Å². The second-order valence-electron chi connectivity index (χ2n) is 8.33. The number of aryl methyl sites for hydroxylation is 1. The summed E-state index contributed by atoms with van der Waals surface area (Å²) in [5, 5.41) is 4.31. The monoisotopic (exact) mass is 452 g/mol. The normalized spacial score (nSPS) is 14.8. The van der Waals surface area contributed by atoms with Crippen LogP contribution < -0.4 is 10.2 Å². The van der Waals surface area contributed by atoms with Crippen molar-refractivity contribution in [3.8, 4) is 11.3 Å². The van der Waals surface area contributed by atoms with Crippen molar-refractivity contribution < 1.29 is 4.42 Å². The Morgan fingerprint density at radius 2 is 1.84 bits per heavy atom. The fourth-order valence-corrected chi connectivity index (χ4v) is 4.40. The predicted octanol–water partition coefficient (Wildman–Crippen LogP) is 5.25. The zero-order valence-corrected chi connectivity index (χ0v) is 19.7. The zero-order chi connectivity index (χ0) is 22.2. The molecule has 0 unspecified atom stereocenters. The van der Waals surface area contributed by atoms with E-state index in [1.54, 1.807) is 0 Å². The van der Waals surface area contributed by atoms with Gasteiger partial charge in [0.15, 0.2) is 0 Å². The molecular formula is C26H33ClN4O.